The molecule has 0 spiro atoms. The number of rotatable bonds is 7. The number of hydrogen-bond donors (Lipinski definition) is 3. The zero-order chi connectivity index (χ0) is 29.1. The second-order valence-electron chi connectivity index (χ2n) is 8.82. The Morgan fingerprint density at radius 3 is 2.51 bits per heavy atom. The number of benzene rings is 3. The number of nitrogens with one attached hydrogen (secondary N) is 1. The summed E-state index contributed by atoms with van der Waals surface area (Å²) in [6, 6.07) is 16.8. The Kier molecular flexibility index (Phi) is 7.42. The van der Waals surface area contributed by atoms with Gasteiger partial charge < -0.3 is 20.9 Å². The summed E-state index contributed by atoms with van der Waals surface area (Å²) in [5.41, 5.74) is 6.44. The van der Waals surface area contributed by atoms with E-state index in [1.54, 1.807) is 19.1 Å². The van der Waals surface area contributed by atoms with Gasteiger partial charge in [-0.2, -0.15) is 0 Å². The number of carbonyl (C=O) groups excluding carboxylic acids is 1. The number of pyridine rings is 1. The van der Waals surface area contributed by atoms with Crippen LogP contribution in [0, 0.1) is 11.6 Å². The summed E-state index contributed by atoms with van der Waals surface area (Å²) in [6.07, 6.45) is 2.87. The zero-order valence-corrected chi connectivity index (χ0v) is 21.6. The minimum absolute atomic E-state index is 0.0221. The molecule has 0 bridgehead atoms. The Labute approximate surface area is 232 Å². The van der Waals surface area contributed by atoms with Gasteiger partial charge in [-0.05, 0) is 79.2 Å². The van der Waals surface area contributed by atoms with Gasteiger partial charge in [0.05, 0.1) is 12.3 Å². The number of nitrogens with zero attached hydrogens (tertiary/aromatic N) is 3. The molecular formula is C30H23F2N5O4. The SMILES string of the molecule is CCOc1ccn(-c2ccc(F)cc2)c(=O)c1C(=O)Nc1ccc(-c2ccc(O)c(-c3ccnc(N)n3)c2)c(F)c1. The summed E-state index contributed by atoms with van der Waals surface area (Å²) in [4.78, 5) is 34.5. The molecule has 9 nitrogen and oxygen atoms in total. The quantitative estimate of drug-likeness (QED) is 0.252. The lowest BCUT2D eigenvalue weighted by Gasteiger charge is -2.14. The van der Waals surface area contributed by atoms with Crippen molar-refractivity contribution in [3.63, 3.8) is 0 Å². The number of amides is 1. The van der Waals surface area contributed by atoms with E-state index in [0.29, 0.717) is 22.5 Å². The van der Waals surface area contributed by atoms with Crippen molar-refractivity contribution < 1.29 is 23.4 Å². The van der Waals surface area contributed by atoms with Crippen LogP contribution in [0.2, 0.25) is 0 Å². The molecule has 5 rings (SSSR count). The molecule has 0 aliphatic carbocycles. The summed E-state index contributed by atoms with van der Waals surface area (Å²) < 4.78 is 35.4. The van der Waals surface area contributed by atoms with Crippen molar-refractivity contribution in [2.45, 2.75) is 6.92 Å². The van der Waals surface area contributed by atoms with Crippen LogP contribution < -0.4 is 21.3 Å². The fourth-order valence-corrected chi connectivity index (χ4v) is 4.26. The van der Waals surface area contributed by atoms with Crippen molar-refractivity contribution in [3.8, 4) is 39.6 Å². The highest BCUT2D eigenvalue weighted by Crippen LogP contribution is 2.34. The van der Waals surface area contributed by atoms with Crippen LogP contribution >= 0.6 is 0 Å². The van der Waals surface area contributed by atoms with Crippen LogP contribution in [-0.2, 0) is 0 Å². The number of phenols is 1. The van der Waals surface area contributed by atoms with Crippen molar-refractivity contribution in [2.75, 3.05) is 17.7 Å². The number of carbonyl (C=O) groups is 1. The smallest absolute Gasteiger partial charge is 0.271 e. The fraction of sp³-hybridized carbons (Fsp3) is 0.0667. The Hall–Kier alpha value is -5.58. The number of anilines is 2. The summed E-state index contributed by atoms with van der Waals surface area (Å²) in [6.45, 7) is 1.90. The maximum atomic E-state index is 15.3. The molecule has 0 radical (unpaired) electrons. The lowest BCUT2D eigenvalue weighted by atomic mass is 10.00. The van der Waals surface area contributed by atoms with E-state index in [9.17, 15) is 19.1 Å². The first-order chi connectivity index (χ1) is 19.7. The first-order valence-corrected chi connectivity index (χ1v) is 12.4. The predicted molar refractivity (Wildman–Crippen MR) is 150 cm³/mol. The number of halogens is 2. The Bertz CT molecular complexity index is 1820. The Morgan fingerprint density at radius 2 is 1.80 bits per heavy atom. The van der Waals surface area contributed by atoms with Gasteiger partial charge in [-0.3, -0.25) is 14.2 Å². The first kappa shape index (κ1) is 27.0. The van der Waals surface area contributed by atoms with Gasteiger partial charge in [0.2, 0.25) is 5.95 Å². The average Bonchev–Trinajstić information content (AvgIpc) is 2.94. The van der Waals surface area contributed by atoms with Crippen LogP contribution in [0.1, 0.15) is 17.3 Å². The normalized spacial score (nSPS) is 10.8. The molecule has 0 saturated heterocycles. The van der Waals surface area contributed by atoms with Crippen LogP contribution in [0.25, 0.3) is 28.1 Å². The van der Waals surface area contributed by atoms with Gasteiger partial charge in [-0.15, -0.1) is 0 Å². The van der Waals surface area contributed by atoms with Crippen molar-refractivity contribution >= 4 is 17.5 Å². The number of ether oxygens (including phenoxy) is 1. The van der Waals surface area contributed by atoms with E-state index in [4.69, 9.17) is 10.5 Å². The van der Waals surface area contributed by atoms with Gasteiger partial charge in [0, 0.05) is 34.9 Å². The largest absolute Gasteiger partial charge is 0.507 e. The van der Waals surface area contributed by atoms with Gasteiger partial charge in [0.25, 0.3) is 11.5 Å². The van der Waals surface area contributed by atoms with Crippen LogP contribution in [0.5, 0.6) is 11.5 Å². The zero-order valence-electron chi connectivity index (χ0n) is 21.6. The summed E-state index contributed by atoms with van der Waals surface area (Å²) in [5.74, 6) is -1.95. The molecule has 0 unspecified atom stereocenters. The minimum atomic E-state index is -0.810. The molecule has 11 heteroatoms. The molecule has 2 heterocycles. The number of phenolic OH excluding ortho intramolecular Hbond substituents is 1. The highest BCUT2D eigenvalue weighted by molar-refractivity contribution is 6.06. The van der Waals surface area contributed by atoms with Crippen LogP contribution in [0.3, 0.4) is 0 Å². The highest BCUT2D eigenvalue weighted by atomic mass is 19.1. The van der Waals surface area contributed by atoms with E-state index in [1.165, 1.54) is 71.6 Å². The maximum Gasteiger partial charge on any atom is 0.271 e. The summed E-state index contributed by atoms with van der Waals surface area (Å²) in [5, 5.41) is 12.9. The van der Waals surface area contributed by atoms with Crippen molar-refractivity contribution in [1.82, 2.24) is 14.5 Å². The molecule has 41 heavy (non-hydrogen) atoms. The van der Waals surface area contributed by atoms with Gasteiger partial charge in [0.1, 0.15) is 28.7 Å². The number of aromatic nitrogens is 3. The fourth-order valence-electron chi connectivity index (χ4n) is 4.26. The predicted octanol–water partition coefficient (Wildman–Crippen LogP) is 5.18. The van der Waals surface area contributed by atoms with E-state index in [1.807, 2.05) is 0 Å². The molecule has 3 aromatic carbocycles. The van der Waals surface area contributed by atoms with Crippen LogP contribution in [-0.4, -0.2) is 32.2 Å². The van der Waals surface area contributed by atoms with Crippen LogP contribution in [0.4, 0.5) is 20.4 Å². The van der Waals surface area contributed by atoms with E-state index < -0.39 is 23.1 Å². The third-order valence-electron chi connectivity index (χ3n) is 6.17. The molecule has 2 aromatic heterocycles. The third kappa shape index (κ3) is 5.59. The van der Waals surface area contributed by atoms with Gasteiger partial charge >= 0.3 is 0 Å². The van der Waals surface area contributed by atoms with E-state index in [0.717, 1.165) is 6.07 Å². The summed E-state index contributed by atoms with van der Waals surface area (Å²) in [7, 11) is 0. The lowest BCUT2D eigenvalue weighted by molar-refractivity contribution is 0.102. The number of nitrogen functional groups attached to an aromatic ring is 1. The molecule has 4 N–H and O–H groups in total. The maximum absolute atomic E-state index is 15.3. The Morgan fingerprint density at radius 1 is 1.02 bits per heavy atom. The lowest BCUT2D eigenvalue weighted by Crippen LogP contribution is -2.29. The van der Waals surface area contributed by atoms with Gasteiger partial charge in [-0.1, -0.05) is 6.07 Å². The highest BCUT2D eigenvalue weighted by Gasteiger charge is 2.21. The van der Waals surface area contributed by atoms with Crippen molar-refractivity contribution in [3.05, 3.63) is 113 Å². The topological polar surface area (TPSA) is 132 Å². The van der Waals surface area contributed by atoms with Crippen molar-refractivity contribution in [1.29, 1.82) is 0 Å². The second kappa shape index (κ2) is 11.3. The average molecular weight is 556 g/mol. The monoisotopic (exact) mass is 555 g/mol. The van der Waals surface area contributed by atoms with E-state index >= 15 is 4.39 Å². The molecule has 0 atom stereocenters. The van der Waals surface area contributed by atoms with Crippen LogP contribution in [0.15, 0.2) is 90.0 Å². The molecule has 5 aromatic rings. The molecule has 0 fully saturated rings. The van der Waals surface area contributed by atoms with E-state index in [-0.39, 0.29) is 40.9 Å². The molecule has 0 aliphatic heterocycles. The Balaban J connectivity index is 1.46. The number of hydrogen-bond acceptors (Lipinski definition) is 7. The van der Waals surface area contributed by atoms with Gasteiger partial charge in [-0.25, -0.2) is 18.7 Å². The molecular weight excluding hydrogens is 532 g/mol. The molecule has 0 aliphatic rings. The standard InChI is InChI=1S/C30H23F2N5O4/c1-2-41-26-12-14-37(20-7-4-18(31)5-8-20)29(40)27(26)28(39)35-19-6-9-21(23(32)16-19)17-3-10-25(38)22(15-17)24-11-13-34-30(33)36-24/h3-16,38H,2H2,1H3,(H,35,39)(H2,33,34,36). The number of aromatic hydroxyl groups is 1. The number of nitrogens with two attached hydrogens (primary N) is 1. The van der Waals surface area contributed by atoms with Gasteiger partial charge in [0.15, 0.2) is 0 Å². The summed E-state index contributed by atoms with van der Waals surface area (Å²) >= 11 is 0. The molecule has 0 saturated carbocycles. The minimum Gasteiger partial charge on any atom is -0.507 e. The van der Waals surface area contributed by atoms with E-state index in [2.05, 4.69) is 15.3 Å². The molecule has 206 valence electrons. The van der Waals surface area contributed by atoms with Crippen molar-refractivity contribution in [2.24, 2.45) is 0 Å². The second-order valence-corrected chi connectivity index (χ2v) is 8.82. The first-order valence-electron chi connectivity index (χ1n) is 12.4. The third-order valence-corrected chi connectivity index (χ3v) is 6.17. The molecule has 1 amide bonds.